The number of nitrogens with zero attached hydrogens (tertiary/aromatic N) is 1. The molecule has 114 valence electrons. The summed E-state index contributed by atoms with van der Waals surface area (Å²) < 4.78 is 5.27. The molecule has 4 nitrogen and oxygen atoms in total. The minimum absolute atomic E-state index is 0.00470. The average Bonchev–Trinajstić information content (AvgIpc) is 3.11. The third kappa shape index (κ3) is 2.13. The fraction of sp³-hybridized carbons (Fsp3) is 0.294. The lowest BCUT2D eigenvalue weighted by molar-refractivity contribution is -0.122. The van der Waals surface area contributed by atoms with Gasteiger partial charge in [-0.2, -0.15) is 0 Å². The monoisotopic (exact) mass is 315 g/mol. The SMILES string of the molecule is COc1ccc2c(c1)C(C)(CC(=O)c1cccs1)C(=O)N2C. The van der Waals surface area contributed by atoms with Gasteiger partial charge < -0.3 is 9.64 Å². The number of benzene rings is 1. The van der Waals surface area contributed by atoms with Crippen LogP contribution in [0.3, 0.4) is 0 Å². The van der Waals surface area contributed by atoms with Gasteiger partial charge in [-0.3, -0.25) is 9.59 Å². The van der Waals surface area contributed by atoms with Gasteiger partial charge in [0.15, 0.2) is 5.78 Å². The normalized spacial score (nSPS) is 20.1. The van der Waals surface area contributed by atoms with Crippen molar-refractivity contribution in [2.45, 2.75) is 18.8 Å². The Hall–Kier alpha value is -2.14. The highest BCUT2D eigenvalue weighted by molar-refractivity contribution is 7.12. The predicted molar refractivity (Wildman–Crippen MR) is 87.0 cm³/mol. The fourth-order valence-corrected chi connectivity index (χ4v) is 3.65. The minimum atomic E-state index is -0.848. The molecule has 1 unspecified atom stereocenters. The molecule has 0 radical (unpaired) electrons. The summed E-state index contributed by atoms with van der Waals surface area (Å²) in [5, 5.41) is 1.87. The van der Waals surface area contributed by atoms with E-state index in [0.29, 0.717) is 10.6 Å². The van der Waals surface area contributed by atoms with Gasteiger partial charge in [-0.1, -0.05) is 6.07 Å². The first-order valence-electron chi connectivity index (χ1n) is 7.01. The highest BCUT2D eigenvalue weighted by Gasteiger charge is 2.47. The zero-order valence-corrected chi connectivity index (χ0v) is 13.6. The van der Waals surface area contributed by atoms with Gasteiger partial charge in [-0.05, 0) is 42.1 Å². The van der Waals surface area contributed by atoms with E-state index in [1.807, 2.05) is 36.6 Å². The molecule has 1 amide bonds. The zero-order chi connectivity index (χ0) is 15.9. The van der Waals surface area contributed by atoms with Crippen LogP contribution in [0.15, 0.2) is 35.7 Å². The summed E-state index contributed by atoms with van der Waals surface area (Å²) in [6, 6.07) is 9.20. The molecule has 3 rings (SSSR count). The number of hydrogen-bond acceptors (Lipinski definition) is 4. The van der Waals surface area contributed by atoms with Crippen molar-refractivity contribution >= 4 is 28.7 Å². The first-order valence-corrected chi connectivity index (χ1v) is 7.89. The van der Waals surface area contributed by atoms with Gasteiger partial charge in [0.2, 0.25) is 5.91 Å². The molecule has 1 atom stereocenters. The molecule has 2 aromatic rings. The number of thiophene rings is 1. The molecule has 0 saturated carbocycles. The topological polar surface area (TPSA) is 46.6 Å². The maximum absolute atomic E-state index is 12.7. The Morgan fingerprint density at radius 2 is 2.14 bits per heavy atom. The standard InChI is InChI=1S/C17H17NO3S/c1-17(10-14(19)15-5-4-8-22-15)12-9-11(21-3)6-7-13(12)18(2)16(17)20/h4-9H,10H2,1-3H3. The number of ketones is 1. The van der Waals surface area contributed by atoms with Gasteiger partial charge in [0.05, 0.1) is 17.4 Å². The van der Waals surface area contributed by atoms with Gasteiger partial charge in [0.1, 0.15) is 5.75 Å². The number of ether oxygens (including phenoxy) is 1. The molecule has 1 aliphatic heterocycles. The molecule has 5 heteroatoms. The molecular weight excluding hydrogens is 298 g/mol. The number of fused-ring (bicyclic) bond motifs is 1. The van der Waals surface area contributed by atoms with E-state index >= 15 is 0 Å². The summed E-state index contributed by atoms with van der Waals surface area (Å²) >= 11 is 1.40. The van der Waals surface area contributed by atoms with Crippen molar-refractivity contribution in [3.63, 3.8) is 0 Å². The Kier molecular flexibility index (Phi) is 3.53. The predicted octanol–water partition coefficient (Wildman–Crippen LogP) is 3.26. The van der Waals surface area contributed by atoms with E-state index in [9.17, 15) is 9.59 Å². The molecule has 0 saturated heterocycles. The maximum Gasteiger partial charge on any atom is 0.237 e. The van der Waals surface area contributed by atoms with E-state index in [2.05, 4.69) is 0 Å². The van der Waals surface area contributed by atoms with Gasteiger partial charge in [-0.25, -0.2) is 0 Å². The van der Waals surface area contributed by atoms with Crippen molar-refractivity contribution in [2.24, 2.45) is 0 Å². The number of methoxy groups -OCH3 is 1. The van der Waals surface area contributed by atoms with Crippen molar-refractivity contribution in [1.82, 2.24) is 0 Å². The van der Waals surface area contributed by atoms with Crippen LogP contribution < -0.4 is 9.64 Å². The number of rotatable bonds is 4. The summed E-state index contributed by atoms with van der Waals surface area (Å²) in [6.07, 6.45) is 0.164. The Morgan fingerprint density at radius 1 is 1.36 bits per heavy atom. The van der Waals surface area contributed by atoms with Crippen molar-refractivity contribution in [1.29, 1.82) is 0 Å². The van der Waals surface area contributed by atoms with Gasteiger partial charge in [0, 0.05) is 19.2 Å². The van der Waals surface area contributed by atoms with E-state index in [1.54, 1.807) is 25.1 Å². The molecule has 2 heterocycles. The molecule has 22 heavy (non-hydrogen) atoms. The first kappa shape index (κ1) is 14.8. The lowest BCUT2D eigenvalue weighted by Gasteiger charge is -2.22. The van der Waals surface area contributed by atoms with Crippen molar-refractivity contribution in [2.75, 3.05) is 19.1 Å². The zero-order valence-electron chi connectivity index (χ0n) is 12.8. The van der Waals surface area contributed by atoms with E-state index in [1.165, 1.54) is 11.3 Å². The van der Waals surface area contributed by atoms with E-state index < -0.39 is 5.41 Å². The van der Waals surface area contributed by atoms with E-state index in [0.717, 1.165) is 11.3 Å². The second-order valence-corrected chi connectivity index (χ2v) is 6.60. The molecular formula is C17H17NO3S. The third-order valence-electron chi connectivity index (χ3n) is 4.25. The van der Waals surface area contributed by atoms with Crippen LogP contribution in [0.5, 0.6) is 5.75 Å². The summed E-state index contributed by atoms with van der Waals surface area (Å²) in [7, 11) is 3.34. The number of carbonyl (C=O) groups excluding carboxylic acids is 2. The smallest absolute Gasteiger partial charge is 0.237 e. The minimum Gasteiger partial charge on any atom is -0.497 e. The summed E-state index contributed by atoms with van der Waals surface area (Å²) in [5.41, 5.74) is 0.844. The van der Waals surface area contributed by atoms with E-state index in [-0.39, 0.29) is 18.1 Å². The number of likely N-dealkylation sites (N-methyl/N-ethyl adjacent to an activating group) is 1. The second kappa shape index (κ2) is 5.25. The Morgan fingerprint density at radius 3 is 2.77 bits per heavy atom. The van der Waals surface area contributed by atoms with Crippen LogP contribution in [-0.2, 0) is 10.2 Å². The van der Waals surface area contributed by atoms with Crippen LogP contribution in [-0.4, -0.2) is 25.8 Å². The Balaban J connectivity index is 2.03. The van der Waals surface area contributed by atoms with Gasteiger partial charge >= 0.3 is 0 Å². The number of hydrogen-bond donors (Lipinski definition) is 0. The number of amides is 1. The van der Waals surface area contributed by atoms with Crippen LogP contribution in [0.1, 0.15) is 28.6 Å². The van der Waals surface area contributed by atoms with Crippen LogP contribution in [0, 0.1) is 0 Å². The number of Topliss-reactive ketones (excluding diaryl/α,β-unsaturated/α-hetero) is 1. The number of anilines is 1. The Bertz CT molecular complexity index is 738. The fourth-order valence-electron chi connectivity index (χ4n) is 2.99. The second-order valence-electron chi connectivity index (χ2n) is 5.66. The molecule has 0 bridgehead atoms. The highest BCUT2D eigenvalue weighted by Crippen LogP contribution is 2.45. The molecule has 1 aromatic heterocycles. The lowest BCUT2D eigenvalue weighted by atomic mass is 9.79. The third-order valence-corrected chi connectivity index (χ3v) is 5.16. The molecule has 0 fully saturated rings. The molecule has 0 N–H and O–H groups in total. The maximum atomic E-state index is 12.7. The van der Waals surface area contributed by atoms with E-state index in [4.69, 9.17) is 4.74 Å². The van der Waals surface area contributed by atoms with Crippen molar-refractivity contribution < 1.29 is 14.3 Å². The average molecular weight is 315 g/mol. The first-order chi connectivity index (χ1) is 10.5. The Labute approximate surface area is 133 Å². The van der Waals surface area contributed by atoms with Crippen molar-refractivity contribution in [3.05, 3.63) is 46.2 Å². The lowest BCUT2D eigenvalue weighted by Crippen LogP contribution is -2.37. The quantitative estimate of drug-likeness (QED) is 0.814. The number of carbonyl (C=O) groups is 2. The van der Waals surface area contributed by atoms with Gasteiger partial charge in [0.25, 0.3) is 0 Å². The van der Waals surface area contributed by atoms with Crippen LogP contribution in [0.25, 0.3) is 0 Å². The molecule has 0 spiro atoms. The largest absolute Gasteiger partial charge is 0.497 e. The summed E-state index contributed by atoms with van der Waals surface area (Å²) in [6.45, 7) is 1.84. The van der Waals surface area contributed by atoms with Crippen molar-refractivity contribution in [3.8, 4) is 5.75 Å². The van der Waals surface area contributed by atoms with Crippen LogP contribution in [0.2, 0.25) is 0 Å². The van der Waals surface area contributed by atoms with Crippen LogP contribution in [0.4, 0.5) is 5.69 Å². The highest BCUT2D eigenvalue weighted by atomic mass is 32.1. The summed E-state index contributed by atoms with van der Waals surface area (Å²) in [4.78, 5) is 27.5. The van der Waals surface area contributed by atoms with Gasteiger partial charge in [-0.15, -0.1) is 11.3 Å². The molecule has 1 aromatic carbocycles. The van der Waals surface area contributed by atoms with Crippen LogP contribution >= 0.6 is 11.3 Å². The molecule has 1 aliphatic rings. The molecule has 0 aliphatic carbocycles. The summed E-state index contributed by atoms with van der Waals surface area (Å²) in [5.74, 6) is 0.632.